The number of aromatic nitrogens is 1. The highest BCUT2D eigenvalue weighted by Crippen LogP contribution is 2.17. The van der Waals surface area contributed by atoms with Gasteiger partial charge in [0.1, 0.15) is 5.82 Å². The number of hydrogen-bond acceptors (Lipinski definition) is 4. The summed E-state index contributed by atoms with van der Waals surface area (Å²) in [6.07, 6.45) is 1.73. The van der Waals surface area contributed by atoms with Gasteiger partial charge in [-0.15, -0.1) is 0 Å². The molecule has 5 heteroatoms. The van der Waals surface area contributed by atoms with Crippen molar-refractivity contribution >= 4 is 11.7 Å². The highest BCUT2D eigenvalue weighted by molar-refractivity contribution is 5.95. The highest BCUT2D eigenvalue weighted by Gasteiger charge is 2.20. The maximum absolute atomic E-state index is 12.4. The molecule has 1 aromatic carbocycles. The van der Waals surface area contributed by atoms with Crippen LogP contribution in [0.1, 0.15) is 36.7 Å². The minimum absolute atomic E-state index is 0.0520. The zero-order valence-electron chi connectivity index (χ0n) is 15.9. The van der Waals surface area contributed by atoms with Gasteiger partial charge in [0.2, 0.25) is 0 Å². The predicted octanol–water partition coefficient (Wildman–Crippen LogP) is 2.93. The lowest BCUT2D eigenvalue weighted by Gasteiger charge is -2.35. The summed E-state index contributed by atoms with van der Waals surface area (Å²) in [4.78, 5) is 21.6. The van der Waals surface area contributed by atoms with Crippen LogP contribution in [0.15, 0.2) is 48.7 Å². The Bertz CT molecular complexity index is 731. The van der Waals surface area contributed by atoms with Crippen LogP contribution in [-0.2, 0) is 6.54 Å². The summed E-state index contributed by atoms with van der Waals surface area (Å²) in [5.41, 5.74) is 1.76. The first-order valence-electron chi connectivity index (χ1n) is 9.20. The third-order valence-corrected chi connectivity index (χ3v) is 4.44. The van der Waals surface area contributed by atoms with Crippen LogP contribution in [0.4, 0.5) is 5.82 Å². The van der Waals surface area contributed by atoms with Crippen molar-refractivity contribution in [3.63, 3.8) is 0 Å². The molecule has 1 aliphatic rings. The predicted molar refractivity (Wildman–Crippen MR) is 105 cm³/mol. The molecular weight excluding hydrogens is 324 g/mol. The molecule has 1 amide bonds. The van der Waals surface area contributed by atoms with E-state index in [1.54, 1.807) is 12.3 Å². The van der Waals surface area contributed by atoms with E-state index in [0.717, 1.165) is 38.5 Å². The Kier molecular flexibility index (Phi) is 5.57. The zero-order chi connectivity index (χ0) is 18.6. The smallest absolute Gasteiger partial charge is 0.251 e. The van der Waals surface area contributed by atoms with Gasteiger partial charge in [-0.1, -0.05) is 30.3 Å². The van der Waals surface area contributed by atoms with Gasteiger partial charge in [-0.05, 0) is 38.5 Å². The van der Waals surface area contributed by atoms with E-state index in [-0.39, 0.29) is 11.4 Å². The Labute approximate surface area is 156 Å². The van der Waals surface area contributed by atoms with Gasteiger partial charge in [-0.2, -0.15) is 0 Å². The number of benzene rings is 1. The van der Waals surface area contributed by atoms with Crippen LogP contribution in [0.3, 0.4) is 0 Å². The number of carbonyl (C=O) groups is 1. The molecule has 2 heterocycles. The van der Waals surface area contributed by atoms with Crippen molar-refractivity contribution in [3.8, 4) is 0 Å². The van der Waals surface area contributed by atoms with Gasteiger partial charge in [0.15, 0.2) is 0 Å². The molecule has 1 aromatic heterocycles. The number of carbonyl (C=O) groups excluding carboxylic acids is 1. The normalized spacial score (nSPS) is 15.7. The van der Waals surface area contributed by atoms with Crippen molar-refractivity contribution in [1.29, 1.82) is 0 Å². The van der Waals surface area contributed by atoms with Crippen molar-refractivity contribution in [2.24, 2.45) is 0 Å². The molecule has 0 unspecified atom stereocenters. The van der Waals surface area contributed by atoms with Crippen LogP contribution in [0.5, 0.6) is 0 Å². The molecule has 2 aromatic rings. The molecule has 0 saturated carbocycles. The van der Waals surface area contributed by atoms with Crippen molar-refractivity contribution in [3.05, 3.63) is 59.8 Å². The lowest BCUT2D eigenvalue weighted by atomic mass is 10.1. The molecule has 0 aliphatic carbocycles. The van der Waals surface area contributed by atoms with Crippen molar-refractivity contribution in [2.45, 2.75) is 32.9 Å². The Morgan fingerprint density at radius 2 is 1.77 bits per heavy atom. The number of piperazine rings is 1. The standard InChI is InChI=1S/C21H28N4O/c1-21(2,3)23-20(26)18-9-10-22-19(15-18)25-13-11-24(12-14-25)16-17-7-5-4-6-8-17/h4-10,15H,11-14,16H2,1-3H3,(H,23,26). The minimum atomic E-state index is -0.246. The van der Waals surface area contributed by atoms with Crippen molar-refractivity contribution in [1.82, 2.24) is 15.2 Å². The first-order chi connectivity index (χ1) is 12.4. The Morgan fingerprint density at radius 3 is 2.42 bits per heavy atom. The molecular formula is C21H28N4O. The molecule has 1 saturated heterocycles. The van der Waals surface area contributed by atoms with Crippen LogP contribution in [-0.4, -0.2) is 47.5 Å². The van der Waals surface area contributed by atoms with Gasteiger partial charge in [-0.25, -0.2) is 4.98 Å². The molecule has 0 atom stereocenters. The lowest BCUT2D eigenvalue weighted by Crippen LogP contribution is -2.46. The first-order valence-corrected chi connectivity index (χ1v) is 9.20. The summed E-state index contributed by atoms with van der Waals surface area (Å²) in [5, 5.41) is 3.01. The molecule has 1 N–H and O–H groups in total. The van der Waals surface area contributed by atoms with Crippen molar-refractivity contribution < 1.29 is 4.79 Å². The molecule has 1 fully saturated rings. The summed E-state index contributed by atoms with van der Waals surface area (Å²) in [6.45, 7) is 10.8. The largest absolute Gasteiger partial charge is 0.354 e. The maximum Gasteiger partial charge on any atom is 0.251 e. The first kappa shape index (κ1) is 18.4. The molecule has 0 spiro atoms. The van der Waals surface area contributed by atoms with Crippen molar-refractivity contribution in [2.75, 3.05) is 31.1 Å². The molecule has 0 bridgehead atoms. The van der Waals surface area contributed by atoms with E-state index in [4.69, 9.17) is 0 Å². The minimum Gasteiger partial charge on any atom is -0.354 e. The molecule has 5 nitrogen and oxygen atoms in total. The summed E-state index contributed by atoms with van der Waals surface area (Å²) in [5.74, 6) is 0.829. The molecule has 26 heavy (non-hydrogen) atoms. The van der Waals surface area contributed by atoms with Crippen LogP contribution in [0.25, 0.3) is 0 Å². The highest BCUT2D eigenvalue weighted by atomic mass is 16.1. The van der Waals surface area contributed by atoms with Crippen LogP contribution >= 0.6 is 0 Å². The van der Waals surface area contributed by atoms with Gasteiger partial charge in [0.05, 0.1) is 0 Å². The maximum atomic E-state index is 12.4. The van der Waals surface area contributed by atoms with E-state index in [2.05, 4.69) is 50.4 Å². The van der Waals surface area contributed by atoms with E-state index in [1.165, 1.54) is 5.56 Å². The average Bonchev–Trinajstić information content (AvgIpc) is 2.62. The average molecular weight is 352 g/mol. The quantitative estimate of drug-likeness (QED) is 0.919. The fraction of sp³-hybridized carbons (Fsp3) is 0.429. The Balaban J connectivity index is 1.59. The second kappa shape index (κ2) is 7.87. The number of amides is 1. The summed E-state index contributed by atoms with van der Waals surface area (Å²) < 4.78 is 0. The lowest BCUT2D eigenvalue weighted by molar-refractivity contribution is 0.0919. The number of anilines is 1. The van der Waals surface area contributed by atoms with Gasteiger partial charge < -0.3 is 10.2 Å². The monoisotopic (exact) mass is 352 g/mol. The third-order valence-electron chi connectivity index (χ3n) is 4.44. The van der Waals surface area contributed by atoms with E-state index < -0.39 is 0 Å². The van der Waals surface area contributed by atoms with Crippen LogP contribution in [0, 0.1) is 0 Å². The second-order valence-electron chi connectivity index (χ2n) is 7.86. The number of nitrogens with one attached hydrogen (secondary N) is 1. The Hall–Kier alpha value is -2.40. The van der Waals surface area contributed by atoms with Gasteiger partial charge >= 0.3 is 0 Å². The van der Waals surface area contributed by atoms with E-state index in [1.807, 2.05) is 26.8 Å². The fourth-order valence-corrected chi connectivity index (χ4v) is 3.12. The number of rotatable bonds is 4. The SMILES string of the molecule is CC(C)(C)NC(=O)c1ccnc(N2CCN(Cc3ccccc3)CC2)c1. The second-order valence-corrected chi connectivity index (χ2v) is 7.86. The zero-order valence-corrected chi connectivity index (χ0v) is 15.9. The number of pyridine rings is 1. The molecule has 0 radical (unpaired) electrons. The van der Waals surface area contributed by atoms with Gasteiger partial charge in [0.25, 0.3) is 5.91 Å². The Morgan fingerprint density at radius 1 is 1.08 bits per heavy atom. The van der Waals surface area contributed by atoms with Gasteiger partial charge in [0, 0.05) is 50.0 Å². The summed E-state index contributed by atoms with van der Waals surface area (Å²) >= 11 is 0. The summed E-state index contributed by atoms with van der Waals surface area (Å²) in [7, 11) is 0. The number of hydrogen-bond donors (Lipinski definition) is 1. The van der Waals surface area contributed by atoms with Crippen LogP contribution in [0.2, 0.25) is 0 Å². The fourth-order valence-electron chi connectivity index (χ4n) is 3.12. The van der Waals surface area contributed by atoms with E-state index in [0.29, 0.717) is 5.56 Å². The molecule has 3 rings (SSSR count). The van der Waals surface area contributed by atoms with Crippen LogP contribution < -0.4 is 10.2 Å². The molecule has 138 valence electrons. The van der Waals surface area contributed by atoms with E-state index in [9.17, 15) is 4.79 Å². The van der Waals surface area contributed by atoms with E-state index >= 15 is 0 Å². The van der Waals surface area contributed by atoms with Gasteiger partial charge in [-0.3, -0.25) is 9.69 Å². The number of nitrogens with zero attached hydrogens (tertiary/aromatic N) is 3. The third kappa shape index (κ3) is 5.05. The summed E-state index contributed by atoms with van der Waals surface area (Å²) in [6, 6.07) is 14.2. The molecule has 1 aliphatic heterocycles. The topological polar surface area (TPSA) is 48.5 Å².